The summed E-state index contributed by atoms with van der Waals surface area (Å²) in [5, 5.41) is 6.82. The van der Waals surface area contributed by atoms with E-state index in [0.29, 0.717) is 6.04 Å². The van der Waals surface area contributed by atoms with Gasteiger partial charge in [0.2, 0.25) is 5.91 Å². The molecule has 0 aliphatic carbocycles. The number of rotatable bonds is 10. The van der Waals surface area contributed by atoms with E-state index in [4.69, 9.17) is 4.99 Å². The molecule has 1 aliphatic heterocycles. The average molecular weight is 354 g/mol. The highest BCUT2D eigenvalue weighted by Crippen LogP contribution is 2.12. The smallest absolute Gasteiger partial charge is 0.225 e. The zero-order valence-corrected chi connectivity index (χ0v) is 17.0. The van der Waals surface area contributed by atoms with Crippen molar-refractivity contribution in [1.82, 2.24) is 20.4 Å². The zero-order valence-electron chi connectivity index (χ0n) is 17.0. The van der Waals surface area contributed by atoms with E-state index < -0.39 is 0 Å². The Morgan fingerprint density at radius 2 is 1.96 bits per heavy atom. The van der Waals surface area contributed by atoms with Gasteiger partial charge in [0.15, 0.2) is 5.96 Å². The lowest BCUT2D eigenvalue weighted by Crippen LogP contribution is -2.45. The van der Waals surface area contributed by atoms with Crippen LogP contribution >= 0.6 is 0 Å². The maximum Gasteiger partial charge on any atom is 0.225 e. The van der Waals surface area contributed by atoms with Crippen LogP contribution in [0.25, 0.3) is 0 Å². The number of likely N-dealkylation sites (tertiary alicyclic amines) is 1. The van der Waals surface area contributed by atoms with Gasteiger partial charge in [-0.25, -0.2) is 0 Å². The fourth-order valence-corrected chi connectivity index (χ4v) is 3.13. The number of hydrogen-bond donors (Lipinski definition) is 2. The summed E-state index contributed by atoms with van der Waals surface area (Å²) >= 11 is 0. The van der Waals surface area contributed by atoms with Crippen LogP contribution in [0.15, 0.2) is 4.99 Å². The first-order valence-electron chi connectivity index (χ1n) is 10.1. The van der Waals surface area contributed by atoms with Crippen LogP contribution in [0.4, 0.5) is 0 Å². The minimum Gasteiger partial charge on any atom is -0.357 e. The molecule has 1 heterocycles. The van der Waals surface area contributed by atoms with E-state index in [2.05, 4.69) is 36.3 Å². The largest absolute Gasteiger partial charge is 0.357 e. The summed E-state index contributed by atoms with van der Waals surface area (Å²) in [6, 6.07) is 0.302. The van der Waals surface area contributed by atoms with Crippen LogP contribution in [-0.2, 0) is 4.79 Å². The zero-order chi connectivity index (χ0) is 18.7. The molecule has 0 aromatic heterocycles. The van der Waals surface area contributed by atoms with Crippen molar-refractivity contribution in [2.45, 2.75) is 59.9 Å². The molecule has 1 amide bonds. The summed E-state index contributed by atoms with van der Waals surface area (Å²) in [6.07, 6.45) is 3.28. The molecule has 25 heavy (non-hydrogen) atoms. The molecule has 1 aliphatic rings. The maximum absolute atomic E-state index is 12.1. The molecule has 146 valence electrons. The van der Waals surface area contributed by atoms with Crippen molar-refractivity contribution in [3.05, 3.63) is 0 Å². The molecule has 6 heteroatoms. The van der Waals surface area contributed by atoms with E-state index in [1.807, 2.05) is 18.7 Å². The maximum atomic E-state index is 12.1. The molecule has 0 saturated carbocycles. The highest BCUT2D eigenvalue weighted by Gasteiger charge is 2.27. The molecule has 0 spiro atoms. The summed E-state index contributed by atoms with van der Waals surface area (Å²) in [4.78, 5) is 21.2. The van der Waals surface area contributed by atoms with Gasteiger partial charge in [-0.2, -0.15) is 0 Å². The SMILES string of the molecule is CCNC(=NCCCCN(CC)CC)NC1CCN(C(=O)C(C)C)C1. The average Bonchev–Trinajstić information content (AvgIpc) is 3.05. The van der Waals surface area contributed by atoms with Gasteiger partial charge in [-0.15, -0.1) is 0 Å². The lowest BCUT2D eigenvalue weighted by molar-refractivity contribution is -0.133. The molecular weight excluding hydrogens is 314 g/mol. The third-order valence-electron chi connectivity index (χ3n) is 4.73. The number of guanidine groups is 1. The Kier molecular flexibility index (Phi) is 10.5. The molecular formula is C19H39N5O. The third-order valence-corrected chi connectivity index (χ3v) is 4.73. The van der Waals surface area contributed by atoms with Gasteiger partial charge >= 0.3 is 0 Å². The topological polar surface area (TPSA) is 60.0 Å². The van der Waals surface area contributed by atoms with Gasteiger partial charge in [0, 0.05) is 38.1 Å². The van der Waals surface area contributed by atoms with E-state index in [1.54, 1.807) is 0 Å². The Labute approximate surface area is 154 Å². The molecule has 1 atom stereocenters. The first kappa shape index (κ1) is 21.7. The second kappa shape index (κ2) is 12.1. The van der Waals surface area contributed by atoms with Crippen LogP contribution in [0.3, 0.4) is 0 Å². The molecule has 0 bridgehead atoms. The van der Waals surface area contributed by atoms with E-state index in [1.165, 1.54) is 6.42 Å². The van der Waals surface area contributed by atoms with Gasteiger partial charge < -0.3 is 20.4 Å². The monoisotopic (exact) mass is 353 g/mol. The molecule has 1 fully saturated rings. The second-order valence-corrected chi connectivity index (χ2v) is 7.06. The minimum absolute atomic E-state index is 0.0754. The molecule has 1 saturated heterocycles. The number of unbranched alkanes of at least 4 members (excludes halogenated alkanes) is 1. The summed E-state index contributed by atoms with van der Waals surface area (Å²) in [5.74, 6) is 1.21. The number of nitrogens with zero attached hydrogens (tertiary/aromatic N) is 3. The predicted octanol–water partition coefficient (Wildman–Crippen LogP) is 1.92. The molecule has 0 aromatic rings. The van der Waals surface area contributed by atoms with E-state index in [-0.39, 0.29) is 11.8 Å². The van der Waals surface area contributed by atoms with E-state index in [9.17, 15) is 4.79 Å². The summed E-state index contributed by atoms with van der Waals surface area (Å²) in [5.41, 5.74) is 0. The Balaban J connectivity index is 2.37. The van der Waals surface area contributed by atoms with E-state index in [0.717, 1.165) is 64.6 Å². The van der Waals surface area contributed by atoms with Gasteiger partial charge in [0.05, 0.1) is 0 Å². The number of nitrogens with one attached hydrogen (secondary N) is 2. The number of carbonyl (C=O) groups is 1. The normalized spacial score (nSPS) is 18.3. The summed E-state index contributed by atoms with van der Waals surface area (Å²) in [7, 11) is 0. The van der Waals surface area contributed by atoms with Crippen LogP contribution in [0.5, 0.6) is 0 Å². The van der Waals surface area contributed by atoms with Crippen molar-refractivity contribution in [2.75, 3.05) is 45.8 Å². The summed E-state index contributed by atoms with van der Waals surface area (Å²) < 4.78 is 0. The third kappa shape index (κ3) is 8.08. The highest BCUT2D eigenvalue weighted by atomic mass is 16.2. The quantitative estimate of drug-likeness (QED) is 0.358. The first-order chi connectivity index (χ1) is 12.0. The van der Waals surface area contributed by atoms with Crippen LogP contribution in [0.1, 0.15) is 53.9 Å². The van der Waals surface area contributed by atoms with Gasteiger partial charge in [0.25, 0.3) is 0 Å². The second-order valence-electron chi connectivity index (χ2n) is 7.06. The lowest BCUT2D eigenvalue weighted by atomic mass is 10.2. The van der Waals surface area contributed by atoms with Gasteiger partial charge in [0.1, 0.15) is 0 Å². The van der Waals surface area contributed by atoms with Crippen molar-refractivity contribution in [3.8, 4) is 0 Å². The van der Waals surface area contributed by atoms with Crippen molar-refractivity contribution < 1.29 is 4.79 Å². The van der Waals surface area contributed by atoms with Crippen molar-refractivity contribution in [2.24, 2.45) is 10.9 Å². The van der Waals surface area contributed by atoms with Crippen molar-refractivity contribution in [1.29, 1.82) is 0 Å². The van der Waals surface area contributed by atoms with Gasteiger partial charge in [-0.1, -0.05) is 27.7 Å². The van der Waals surface area contributed by atoms with Gasteiger partial charge in [-0.05, 0) is 45.8 Å². The van der Waals surface area contributed by atoms with Crippen LogP contribution < -0.4 is 10.6 Å². The lowest BCUT2D eigenvalue weighted by Gasteiger charge is -2.20. The molecule has 2 N–H and O–H groups in total. The first-order valence-corrected chi connectivity index (χ1v) is 10.1. The predicted molar refractivity (Wildman–Crippen MR) is 106 cm³/mol. The highest BCUT2D eigenvalue weighted by molar-refractivity contribution is 5.81. The fourth-order valence-electron chi connectivity index (χ4n) is 3.13. The Morgan fingerprint density at radius 1 is 1.24 bits per heavy atom. The molecule has 0 aromatic carbocycles. The Hall–Kier alpha value is -1.30. The number of aliphatic imine (C=N–C) groups is 1. The Bertz CT molecular complexity index is 407. The van der Waals surface area contributed by atoms with Crippen molar-refractivity contribution >= 4 is 11.9 Å². The number of carbonyl (C=O) groups excluding carboxylic acids is 1. The number of hydrogen-bond acceptors (Lipinski definition) is 3. The van der Waals surface area contributed by atoms with Crippen LogP contribution in [0.2, 0.25) is 0 Å². The van der Waals surface area contributed by atoms with Gasteiger partial charge in [-0.3, -0.25) is 9.79 Å². The van der Waals surface area contributed by atoms with Crippen LogP contribution in [0, 0.1) is 5.92 Å². The molecule has 1 unspecified atom stereocenters. The molecule has 0 radical (unpaired) electrons. The standard InChI is InChI=1S/C19H39N5O/c1-6-20-19(21-12-9-10-13-23(7-2)8-3)22-17-11-14-24(15-17)18(25)16(4)5/h16-17H,6-15H2,1-5H3,(H2,20,21,22). The van der Waals surface area contributed by atoms with Crippen LogP contribution in [-0.4, -0.2) is 73.5 Å². The fraction of sp³-hybridized carbons (Fsp3) is 0.895. The molecule has 6 nitrogen and oxygen atoms in total. The van der Waals surface area contributed by atoms with E-state index >= 15 is 0 Å². The Morgan fingerprint density at radius 3 is 2.56 bits per heavy atom. The molecule has 1 rings (SSSR count). The summed E-state index contributed by atoms with van der Waals surface area (Å²) in [6.45, 7) is 17.2. The minimum atomic E-state index is 0.0754. The van der Waals surface area contributed by atoms with Crippen molar-refractivity contribution in [3.63, 3.8) is 0 Å². The number of amides is 1.